The molecule has 9 heteroatoms. The van der Waals surface area contributed by atoms with E-state index in [0.717, 1.165) is 18.3 Å². The van der Waals surface area contributed by atoms with Crippen molar-refractivity contribution >= 4 is 28.3 Å². The molecule has 0 aliphatic heterocycles. The Labute approximate surface area is 108 Å². The molecule has 0 spiro atoms. The fourth-order valence-corrected chi connectivity index (χ4v) is 1.38. The summed E-state index contributed by atoms with van der Waals surface area (Å²) in [5, 5.41) is 0. The molecule has 0 aliphatic rings. The Morgan fingerprint density at radius 2 is 1.76 bits per heavy atom. The first-order valence-electron chi connectivity index (χ1n) is 3.98. The Balaban J connectivity index is 0.00000256. The summed E-state index contributed by atoms with van der Waals surface area (Å²) in [6.07, 6.45) is -4.59. The third-order valence-corrected chi connectivity index (χ3v) is 2.31. The van der Waals surface area contributed by atoms with E-state index in [0.29, 0.717) is 0 Å². The number of alkyl halides is 5. The van der Waals surface area contributed by atoms with E-state index in [2.05, 4.69) is 20.9 Å². The molecular weight excluding hydrogens is 334 g/mol. The van der Waals surface area contributed by atoms with Gasteiger partial charge in [-0.25, -0.2) is 4.98 Å². The molecule has 17 heavy (non-hydrogen) atoms. The van der Waals surface area contributed by atoms with Gasteiger partial charge >= 0.3 is 12.1 Å². The zero-order valence-corrected chi connectivity index (χ0v) is 10.4. The fourth-order valence-electron chi connectivity index (χ4n) is 0.997. The smallest absolute Gasteiger partial charge is 0.319 e. The number of nitrogens with zero attached hydrogens (tertiary/aromatic N) is 1. The highest BCUT2D eigenvalue weighted by molar-refractivity contribution is 9.10. The highest BCUT2D eigenvalue weighted by Gasteiger charge is 2.61. The second-order valence-electron chi connectivity index (χ2n) is 3.01. The molecule has 0 amide bonds. The van der Waals surface area contributed by atoms with Crippen molar-refractivity contribution in [3.8, 4) is 0 Å². The quantitative estimate of drug-likeness (QED) is 0.661. The van der Waals surface area contributed by atoms with Crippen LogP contribution < -0.4 is 5.73 Å². The molecule has 0 radical (unpaired) electrons. The van der Waals surface area contributed by atoms with Crippen LogP contribution in [0.2, 0.25) is 0 Å². The van der Waals surface area contributed by atoms with Gasteiger partial charge in [-0.05, 0) is 33.6 Å². The van der Waals surface area contributed by atoms with Crippen LogP contribution in [0.4, 0.5) is 22.0 Å². The molecule has 0 saturated heterocycles. The monoisotopic (exact) mass is 340 g/mol. The van der Waals surface area contributed by atoms with Crippen molar-refractivity contribution in [3.05, 3.63) is 28.5 Å². The lowest BCUT2D eigenvalue weighted by Crippen LogP contribution is -2.45. The van der Waals surface area contributed by atoms with Crippen molar-refractivity contribution in [2.45, 2.75) is 18.1 Å². The molecule has 0 aliphatic carbocycles. The minimum absolute atomic E-state index is 0. The molecule has 1 rings (SSSR count). The summed E-state index contributed by atoms with van der Waals surface area (Å²) in [6.45, 7) is 0. The van der Waals surface area contributed by atoms with Crippen LogP contribution in [0.15, 0.2) is 22.9 Å². The summed E-state index contributed by atoms with van der Waals surface area (Å²) in [4.78, 5) is 3.60. The number of pyridine rings is 1. The van der Waals surface area contributed by atoms with E-state index in [-0.39, 0.29) is 22.6 Å². The van der Waals surface area contributed by atoms with E-state index >= 15 is 0 Å². The lowest BCUT2D eigenvalue weighted by Gasteiger charge is -2.25. The molecule has 1 aromatic rings. The van der Waals surface area contributed by atoms with Gasteiger partial charge in [0.1, 0.15) is 10.6 Å². The SMILES string of the molecule is Cl.N[C@H](c1ccnc(Br)c1)C(F)(F)C(F)(F)F. The second-order valence-corrected chi connectivity index (χ2v) is 3.82. The molecule has 0 aromatic carbocycles. The average Bonchev–Trinajstić information content (AvgIpc) is 2.14. The van der Waals surface area contributed by atoms with Gasteiger partial charge in [0.15, 0.2) is 0 Å². The van der Waals surface area contributed by atoms with Gasteiger partial charge in [-0.3, -0.25) is 0 Å². The second kappa shape index (κ2) is 5.45. The molecule has 0 unspecified atom stereocenters. The molecule has 1 aromatic heterocycles. The normalized spacial score (nSPS) is 14.1. The topological polar surface area (TPSA) is 38.9 Å². The summed E-state index contributed by atoms with van der Waals surface area (Å²) in [5.41, 5.74) is 4.57. The molecule has 0 fully saturated rings. The lowest BCUT2D eigenvalue weighted by molar-refractivity contribution is -0.291. The minimum Gasteiger partial charge on any atom is -0.319 e. The molecule has 98 valence electrons. The molecular formula is C8H7BrClF5N2. The highest BCUT2D eigenvalue weighted by atomic mass is 79.9. The Morgan fingerprint density at radius 1 is 1.24 bits per heavy atom. The van der Waals surface area contributed by atoms with Gasteiger partial charge in [-0.1, -0.05) is 0 Å². The summed E-state index contributed by atoms with van der Waals surface area (Å²) < 4.78 is 61.9. The largest absolute Gasteiger partial charge is 0.455 e. The molecule has 1 atom stereocenters. The van der Waals surface area contributed by atoms with Crippen LogP contribution in [-0.2, 0) is 0 Å². The highest BCUT2D eigenvalue weighted by Crippen LogP contribution is 2.43. The Hall–Kier alpha value is -0.470. The predicted molar refractivity (Wildman–Crippen MR) is 57.1 cm³/mol. The lowest BCUT2D eigenvalue weighted by atomic mass is 10.0. The number of aromatic nitrogens is 1. The molecule has 0 saturated carbocycles. The van der Waals surface area contributed by atoms with Crippen molar-refractivity contribution < 1.29 is 22.0 Å². The van der Waals surface area contributed by atoms with E-state index in [9.17, 15) is 22.0 Å². The maximum absolute atomic E-state index is 12.9. The van der Waals surface area contributed by atoms with E-state index in [4.69, 9.17) is 5.73 Å². The molecule has 2 N–H and O–H groups in total. The Morgan fingerprint density at radius 3 is 2.18 bits per heavy atom. The van der Waals surface area contributed by atoms with Crippen molar-refractivity contribution in [1.29, 1.82) is 0 Å². The molecule has 1 heterocycles. The van der Waals surface area contributed by atoms with E-state index in [1.807, 2.05) is 0 Å². The number of nitrogens with two attached hydrogens (primary N) is 1. The van der Waals surface area contributed by atoms with Gasteiger partial charge in [0.05, 0.1) is 0 Å². The van der Waals surface area contributed by atoms with Crippen LogP contribution in [0.5, 0.6) is 0 Å². The van der Waals surface area contributed by atoms with Crippen molar-refractivity contribution in [2.75, 3.05) is 0 Å². The Bertz CT molecular complexity index is 384. The number of rotatable bonds is 2. The van der Waals surface area contributed by atoms with Crippen molar-refractivity contribution in [1.82, 2.24) is 4.98 Å². The predicted octanol–water partition coefficient (Wildman–Crippen LogP) is 3.46. The Kier molecular flexibility index (Phi) is 5.30. The number of hydrogen-bond donors (Lipinski definition) is 1. The van der Waals surface area contributed by atoms with Crippen LogP contribution in [0, 0.1) is 0 Å². The zero-order valence-electron chi connectivity index (χ0n) is 8.01. The van der Waals surface area contributed by atoms with Crippen LogP contribution in [0.1, 0.15) is 11.6 Å². The van der Waals surface area contributed by atoms with E-state index in [1.54, 1.807) is 0 Å². The van der Waals surface area contributed by atoms with Gasteiger partial charge in [-0.15, -0.1) is 12.4 Å². The maximum atomic E-state index is 12.9. The summed E-state index contributed by atoms with van der Waals surface area (Å²) in [6, 6.07) is -0.425. The van der Waals surface area contributed by atoms with Gasteiger partial charge in [0.2, 0.25) is 0 Å². The summed E-state index contributed by atoms with van der Waals surface area (Å²) in [7, 11) is 0. The number of halogens is 7. The first-order chi connectivity index (χ1) is 7.16. The van der Waals surface area contributed by atoms with Crippen LogP contribution >= 0.6 is 28.3 Å². The third-order valence-electron chi connectivity index (χ3n) is 1.88. The maximum Gasteiger partial charge on any atom is 0.455 e. The standard InChI is InChI=1S/C8H6BrF5N2.ClH/c9-5-3-4(1-2-16-5)6(15)7(10,11)8(12,13)14;/h1-3,6H,15H2;1H/t6-;/m1./s1. The van der Waals surface area contributed by atoms with Gasteiger partial charge < -0.3 is 5.73 Å². The van der Waals surface area contributed by atoms with Crippen LogP contribution in [0.3, 0.4) is 0 Å². The molecule has 2 nitrogen and oxygen atoms in total. The number of hydrogen-bond acceptors (Lipinski definition) is 2. The van der Waals surface area contributed by atoms with Gasteiger partial charge in [0.25, 0.3) is 0 Å². The fraction of sp³-hybridized carbons (Fsp3) is 0.375. The van der Waals surface area contributed by atoms with Gasteiger partial charge in [0, 0.05) is 6.20 Å². The summed E-state index contributed by atoms with van der Waals surface area (Å²) >= 11 is 2.85. The minimum atomic E-state index is -5.68. The third kappa shape index (κ3) is 3.49. The van der Waals surface area contributed by atoms with Gasteiger partial charge in [-0.2, -0.15) is 22.0 Å². The van der Waals surface area contributed by atoms with E-state index in [1.165, 1.54) is 0 Å². The first-order valence-corrected chi connectivity index (χ1v) is 4.77. The summed E-state index contributed by atoms with van der Waals surface area (Å²) in [5.74, 6) is -4.98. The first kappa shape index (κ1) is 16.5. The van der Waals surface area contributed by atoms with E-state index < -0.39 is 18.1 Å². The zero-order chi connectivity index (χ0) is 12.6. The van der Waals surface area contributed by atoms with Crippen molar-refractivity contribution in [2.24, 2.45) is 5.73 Å². The van der Waals surface area contributed by atoms with Crippen LogP contribution in [0.25, 0.3) is 0 Å². The molecule has 0 bridgehead atoms. The average molecular weight is 342 g/mol. The van der Waals surface area contributed by atoms with Crippen molar-refractivity contribution in [3.63, 3.8) is 0 Å². The van der Waals surface area contributed by atoms with Crippen LogP contribution in [-0.4, -0.2) is 17.1 Å².